The van der Waals surface area contributed by atoms with E-state index in [1.807, 2.05) is 17.8 Å². The number of hydrogen-bond donors (Lipinski definition) is 1. The first kappa shape index (κ1) is 22.7. The fourth-order valence-electron chi connectivity index (χ4n) is 5.61. The van der Waals surface area contributed by atoms with Crippen molar-refractivity contribution in [2.24, 2.45) is 7.05 Å². The molecule has 178 valence electrons. The van der Waals surface area contributed by atoms with Gasteiger partial charge in [-0.15, -0.1) is 0 Å². The number of amides is 2. The second-order valence-corrected chi connectivity index (χ2v) is 9.68. The number of aromatic nitrogens is 2. The Morgan fingerprint density at radius 1 is 1.03 bits per heavy atom. The van der Waals surface area contributed by atoms with Crippen LogP contribution in [0.5, 0.6) is 0 Å². The summed E-state index contributed by atoms with van der Waals surface area (Å²) < 4.78 is 1.90. The molecule has 3 aromatic rings. The van der Waals surface area contributed by atoms with Crippen molar-refractivity contribution in [3.63, 3.8) is 0 Å². The lowest BCUT2D eigenvalue weighted by Crippen LogP contribution is -2.52. The van der Waals surface area contributed by atoms with Crippen molar-refractivity contribution in [3.8, 4) is 0 Å². The average Bonchev–Trinajstić information content (AvgIpc) is 3.20. The zero-order valence-corrected chi connectivity index (χ0v) is 20.3. The topological polar surface area (TPSA) is 53.4 Å². The van der Waals surface area contributed by atoms with E-state index in [4.69, 9.17) is 0 Å². The smallest absolute Gasteiger partial charge is 0.318 e. The molecule has 0 radical (unpaired) electrons. The Morgan fingerprint density at radius 2 is 1.76 bits per heavy atom. The molecule has 0 saturated carbocycles. The first-order valence-corrected chi connectivity index (χ1v) is 12.5. The second-order valence-electron chi connectivity index (χ2n) is 9.68. The van der Waals surface area contributed by atoms with Crippen LogP contribution >= 0.6 is 0 Å². The summed E-state index contributed by atoms with van der Waals surface area (Å²) in [4.78, 5) is 18.3. The van der Waals surface area contributed by atoms with E-state index in [2.05, 4.69) is 81.9 Å². The maximum Gasteiger partial charge on any atom is 0.318 e. The summed E-state index contributed by atoms with van der Waals surface area (Å²) in [6, 6.07) is 19.4. The van der Waals surface area contributed by atoms with Crippen molar-refractivity contribution >= 4 is 6.03 Å². The van der Waals surface area contributed by atoms with Gasteiger partial charge in [0.2, 0.25) is 0 Å². The number of benzene rings is 2. The molecule has 6 heteroatoms. The number of nitrogens with zero attached hydrogens (tertiary/aromatic N) is 4. The summed E-state index contributed by atoms with van der Waals surface area (Å²) in [7, 11) is 1.98. The third kappa shape index (κ3) is 4.73. The van der Waals surface area contributed by atoms with Crippen LogP contribution < -0.4 is 5.32 Å². The van der Waals surface area contributed by atoms with Crippen LogP contribution in [0.25, 0.3) is 0 Å². The fraction of sp³-hybridized carbons (Fsp3) is 0.429. The van der Waals surface area contributed by atoms with Gasteiger partial charge in [0, 0.05) is 51.0 Å². The Hall–Kier alpha value is -3.12. The number of piperidine rings is 1. The molecule has 0 spiro atoms. The van der Waals surface area contributed by atoms with Crippen molar-refractivity contribution < 1.29 is 4.79 Å². The van der Waals surface area contributed by atoms with Crippen LogP contribution in [0.3, 0.4) is 0 Å². The molecule has 6 nitrogen and oxygen atoms in total. The Morgan fingerprint density at radius 3 is 2.50 bits per heavy atom. The van der Waals surface area contributed by atoms with Gasteiger partial charge in [-0.1, -0.05) is 54.6 Å². The molecule has 5 rings (SSSR count). The first-order chi connectivity index (χ1) is 16.6. The summed E-state index contributed by atoms with van der Waals surface area (Å²) >= 11 is 0. The number of hydrogen-bond acceptors (Lipinski definition) is 3. The van der Waals surface area contributed by atoms with Gasteiger partial charge in [-0.25, -0.2) is 4.79 Å². The van der Waals surface area contributed by atoms with Crippen LogP contribution in [-0.4, -0.2) is 51.3 Å². The molecular weight excluding hydrogens is 422 g/mol. The molecule has 0 aliphatic carbocycles. The second kappa shape index (κ2) is 10.0. The molecule has 1 fully saturated rings. The highest BCUT2D eigenvalue weighted by molar-refractivity contribution is 5.76. The fourth-order valence-corrected chi connectivity index (χ4v) is 5.61. The SMILES string of the molecule is Cc1nn(C)cc1CN1CCC(N2C(=O)NCCCc3ccccc3C2c2ccccc2)CC1. The number of fused-ring (bicyclic) bond motifs is 1. The average molecular weight is 458 g/mol. The maximum absolute atomic E-state index is 13.6. The van der Waals surface area contributed by atoms with Gasteiger partial charge in [-0.2, -0.15) is 5.10 Å². The molecule has 0 bridgehead atoms. The normalized spacial score (nSPS) is 20.2. The first-order valence-electron chi connectivity index (χ1n) is 12.5. The number of aryl methyl sites for hydroxylation is 3. The van der Waals surface area contributed by atoms with Gasteiger partial charge < -0.3 is 10.2 Å². The molecule has 1 aromatic heterocycles. The minimum atomic E-state index is -0.0763. The van der Waals surface area contributed by atoms with E-state index in [0.29, 0.717) is 6.54 Å². The van der Waals surface area contributed by atoms with Crippen LogP contribution in [-0.2, 0) is 20.0 Å². The minimum Gasteiger partial charge on any atom is -0.338 e. The summed E-state index contributed by atoms with van der Waals surface area (Å²) in [5, 5.41) is 7.73. The predicted octanol–water partition coefficient (Wildman–Crippen LogP) is 4.44. The Bertz CT molecular complexity index is 1120. The van der Waals surface area contributed by atoms with Crippen molar-refractivity contribution in [1.82, 2.24) is 24.9 Å². The number of urea groups is 1. The standard InChI is InChI=1S/C28H35N5O/c1-21-24(19-31(2)30-21)20-32-17-14-25(15-18-32)33-27(23-10-4-3-5-11-23)26-13-7-6-9-22(26)12-8-16-29-28(33)34/h3-7,9-11,13,19,25,27H,8,12,14-18,20H2,1-2H3,(H,29,34). The van der Waals surface area contributed by atoms with E-state index in [9.17, 15) is 4.79 Å². The molecule has 1 saturated heterocycles. The number of rotatable bonds is 4. The Balaban J connectivity index is 1.43. The summed E-state index contributed by atoms with van der Waals surface area (Å²) in [5.41, 5.74) is 6.18. The van der Waals surface area contributed by atoms with Gasteiger partial charge in [0.25, 0.3) is 0 Å². The number of likely N-dealkylation sites (tertiary alicyclic amines) is 1. The highest BCUT2D eigenvalue weighted by atomic mass is 16.2. The zero-order valence-electron chi connectivity index (χ0n) is 20.3. The lowest BCUT2D eigenvalue weighted by Gasteiger charge is -2.43. The van der Waals surface area contributed by atoms with Gasteiger partial charge in [0.1, 0.15) is 0 Å². The van der Waals surface area contributed by atoms with Crippen LogP contribution in [0.2, 0.25) is 0 Å². The highest BCUT2D eigenvalue weighted by Gasteiger charge is 2.36. The third-order valence-electron chi connectivity index (χ3n) is 7.34. The van der Waals surface area contributed by atoms with E-state index in [-0.39, 0.29) is 18.1 Å². The van der Waals surface area contributed by atoms with Gasteiger partial charge in [-0.05, 0) is 49.3 Å². The summed E-state index contributed by atoms with van der Waals surface area (Å²) in [6.07, 6.45) is 6.01. The lowest BCUT2D eigenvalue weighted by molar-refractivity contribution is 0.101. The van der Waals surface area contributed by atoms with Crippen molar-refractivity contribution in [2.45, 2.75) is 51.2 Å². The Labute approximate surface area is 202 Å². The predicted molar refractivity (Wildman–Crippen MR) is 135 cm³/mol. The molecule has 2 aliphatic heterocycles. The van der Waals surface area contributed by atoms with E-state index >= 15 is 0 Å². The summed E-state index contributed by atoms with van der Waals surface area (Å²) in [6.45, 7) is 5.67. The molecule has 3 heterocycles. The van der Waals surface area contributed by atoms with Gasteiger partial charge in [0.15, 0.2) is 0 Å². The Kier molecular flexibility index (Phi) is 6.68. The molecule has 2 aliphatic rings. The number of nitrogens with one attached hydrogen (secondary N) is 1. The van der Waals surface area contributed by atoms with Gasteiger partial charge in [0.05, 0.1) is 11.7 Å². The van der Waals surface area contributed by atoms with E-state index in [1.54, 1.807) is 0 Å². The lowest BCUT2D eigenvalue weighted by atomic mass is 9.89. The minimum absolute atomic E-state index is 0.0621. The van der Waals surface area contributed by atoms with Crippen LogP contribution in [0.4, 0.5) is 4.79 Å². The molecule has 1 atom stereocenters. The quantitative estimate of drug-likeness (QED) is 0.630. The molecule has 1 N–H and O–H groups in total. The maximum atomic E-state index is 13.6. The molecule has 2 amide bonds. The largest absolute Gasteiger partial charge is 0.338 e. The molecule has 2 aromatic carbocycles. The molecule has 34 heavy (non-hydrogen) atoms. The van der Waals surface area contributed by atoms with Gasteiger partial charge >= 0.3 is 6.03 Å². The van der Waals surface area contributed by atoms with Crippen molar-refractivity contribution in [3.05, 3.63) is 88.7 Å². The zero-order chi connectivity index (χ0) is 23.5. The third-order valence-corrected chi connectivity index (χ3v) is 7.34. The van der Waals surface area contributed by atoms with Crippen LogP contribution in [0, 0.1) is 6.92 Å². The van der Waals surface area contributed by atoms with E-state index in [1.165, 1.54) is 22.3 Å². The highest BCUT2D eigenvalue weighted by Crippen LogP contribution is 2.36. The van der Waals surface area contributed by atoms with E-state index < -0.39 is 0 Å². The van der Waals surface area contributed by atoms with E-state index in [0.717, 1.165) is 51.0 Å². The van der Waals surface area contributed by atoms with Crippen LogP contribution in [0.15, 0.2) is 60.8 Å². The molecule has 1 unspecified atom stereocenters. The van der Waals surface area contributed by atoms with Gasteiger partial charge in [-0.3, -0.25) is 9.58 Å². The molecular formula is C28H35N5O. The number of carbonyl (C=O) groups is 1. The monoisotopic (exact) mass is 457 g/mol. The van der Waals surface area contributed by atoms with Crippen molar-refractivity contribution in [1.29, 1.82) is 0 Å². The van der Waals surface area contributed by atoms with Crippen molar-refractivity contribution in [2.75, 3.05) is 19.6 Å². The van der Waals surface area contributed by atoms with Crippen LogP contribution in [0.1, 0.15) is 53.3 Å². The summed E-state index contributed by atoms with van der Waals surface area (Å²) in [5.74, 6) is 0. The number of carbonyl (C=O) groups excluding carboxylic acids is 1.